The van der Waals surface area contributed by atoms with E-state index >= 15 is 0 Å². The first-order chi connectivity index (χ1) is 7.60. The molecule has 5 N–H and O–H groups in total. The molecule has 0 heterocycles. The highest BCUT2D eigenvalue weighted by Crippen LogP contribution is 2.11. The van der Waals surface area contributed by atoms with Crippen LogP contribution in [0.25, 0.3) is 0 Å². The lowest BCUT2D eigenvalue weighted by Crippen LogP contribution is -2.55. The van der Waals surface area contributed by atoms with Gasteiger partial charge in [-0.3, -0.25) is 9.68 Å². The minimum Gasteiger partial charge on any atom is -0.391 e. The number of hydrogen-bond acceptors (Lipinski definition) is 5. The zero-order valence-electron chi connectivity index (χ0n) is 10.4. The van der Waals surface area contributed by atoms with Crippen molar-refractivity contribution in [3.05, 3.63) is 0 Å². The highest BCUT2D eigenvalue weighted by atomic mass is 16.6. The van der Waals surface area contributed by atoms with E-state index < -0.39 is 0 Å². The maximum Gasteiger partial charge on any atom is 0.117 e. The summed E-state index contributed by atoms with van der Waals surface area (Å²) in [4.78, 5) is 9.27. The molecule has 0 saturated carbocycles. The van der Waals surface area contributed by atoms with Gasteiger partial charge in [-0.05, 0) is 0 Å². The molecule has 0 rings (SSSR count). The Balaban J connectivity index is 4.45. The van der Waals surface area contributed by atoms with Crippen LogP contribution < -0.4 is 11.8 Å². The van der Waals surface area contributed by atoms with Crippen LogP contribution in [0.2, 0.25) is 0 Å². The maximum absolute atomic E-state index is 9.15. The van der Waals surface area contributed by atoms with Gasteiger partial charge in [0.05, 0.1) is 13.2 Å². The highest BCUT2D eigenvalue weighted by Gasteiger charge is 2.27. The van der Waals surface area contributed by atoms with Crippen molar-refractivity contribution in [1.82, 2.24) is 0 Å². The first kappa shape index (κ1) is 15.8. The lowest BCUT2D eigenvalue weighted by molar-refractivity contribution is -0.931. The largest absolute Gasteiger partial charge is 0.391 e. The van der Waals surface area contributed by atoms with Crippen molar-refractivity contribution in [2.24, 2.45) is 17.7 Å². The summed E-state index contributed by atoms with van der Waals surface area (Å²) < 4.78 is 0.725. The standard InChI is InChI=1S/C10H26N3O3/c1-10(2)9-13(3-6-14,4-7-15-11)5-8-16-12/h10,14H,3-9,11-12H2,1-2H3/q+1. The molecule has 0 aromatic rings. The van der Waals surface area contributed by atoms with E-state index in [0.29, 0.717) is 25.7 Å². The Morgan fingerprint density at radius 2 is 1.56 bits per heavy atom. The molecule has 0 radical (unpaired) electrons. The van der Waals surface area contributed by atoms with Gasteiger partial charge in [0, 0.05) is 5.92 Å². The Morgan fingerprint density at radius 1 is 1.06 bits per heavy atom. The number of hydrogen-bond donors (Lipinski definition) is 3. The average molecular weight is 236 g/mol. The summed E-state index contributed by atoms with van der Waals surface area (Å²) in [5.74, 6) is 10.7. The van der Waals surface area contributed by atoms with Crippen LogP contribution in [0.5, 0.6) is 0 Å². The van der Waals surface area contributed by atoms with Gasteiger partial charge >= 0.3 is 0 Å². The Kier molecular flexibility index (Phi) is 8.73. The second-order valence-corrected chi connectivity index (χ2v) is 4.55. The van der Waals surface area contributed by atoms with Gasteiger partial charge in [0.1, 0.15) is 32.8 Å². The molecule has 16 heavy (non-hydrogen) atoms. The van der Waals surface area contributed by atoms with Gasteiger partial charge in [-0.15, -0.1) is 0 Å². The van der Waals surface area contributed by atoms with Gasteiger partial charge in [0.15, 0.2) is 0 Å². The summed E-state index contributed by atoms with van der Waals surface area (Å²) in [6.45, 7) is 8.53. The monoisotopic (exact) mass is 236 g/mol. The van der Waals surface area contributed by atoms with Crippen molar-refractivity contribution < 1.29 is 19.3 Å². The van der Waals surface area contributed by atoms with Gasteiger partial charge in [-0.1, -0.05) is 13.8 Å². The number of quaternary nitrogens is 1. The predicted octanol–water partition coefficient (Wildman–Crippen LogP) is -0.768. The summed E-state index contributed by atoms with van der Waals surface area (Å²) >= 11 is 0. The molecule has 0 aliphatic heterocycles. The Bertz CT molecular complexity index is 159. The van der Waals surface area contributed by atoms with Gasteiger partial charge in [0.2, 0.25) is 0 Å². The third-order valence-corrected chi connectivity index (χ3v) is 2.69. The van der Waals surface area contributed by atoms with Crippen molar-refractivity contribution in [3.8, 4) is 0 Å². The zero-order valence-corrected chi connectivity index (χ0v) is 10.4. The number of nitrogens with zero attached hydrogens (tertiary/aromatic N) is 1. The minimum absolute atomic E-state index is 0.141. The molecular weight excluding hydrogens is 210 g/mol. The fourth-order valence-corrected chi connectivity index (χ4v) is 2.09. The normalized spacial score (nSPS) is 12.4. The molecule has 0 unspecified atom stereocenters. The van der Waals surface area contributed by atoms with E-state index in [0.717, 1.165) is 24.1 Å². The highest BCUT2D eigenvalue weighted by molar-refractivity contribution is 4.49. The summed E-state index contributed by atoms with van der Waals surface area (Å²) in [5, 5.41) is 9.15. The Morgan fingerprint density at radius 3 is 1.88 bits per heavy atom. The first-order valence-electron chi connectivity index (χ1n) is 5.69. The van der Waals surface area contributed by atoms with E-state index in [9.17, 15) is 0 Å². The van der Waals surface area contributed by atoms with E-state index in [4.69, 9.17) is 16.9 Å². The molecule has 0 spiro atoms. The van der Waals surface area contributed by atoms with E-state index in [-0.39, 0.29) is 6.61 Å². The van der Waals surface area contributed by atoms with Crippen LogP contribution >= 0.6 is 0 Å². The smallest absolute Gasteiger partial charge is 0.117 e. The molecule has 6 heteroatoms. The summed E-state index contributed by atoms with van der Waals surface area (Å²) in [6, 6.07) is 0. The van der Waals surface area contributed by atoms with Gasteiger partial charge in [-0.2, -0.15) is 0 Å². The molecule has 0 fully saturated rings. The van der Waals surface area contributed by atoms with Crippen LogP contribution in [-0.2, 0) is 9.68 Å². The fraction of sp³-hybridized carbons (Fsp3) is 1.00. The number of nitrogens with two attached hydrogens (primary N) is 2. The van der Waals surface area contributed by atoms with E-state index in [2.05, 4.69) is 23.5 Å². The van der Waals surface area contributed by atoms with Gasteiger partial charge in [-0.25, -0.2) is 11.8 Å². The number of aliphatic hydroxyl groups is 1. The maximum atomic E-state index is 9.15. The first-order valence-corrected chi connectivity index (χ1v) is 5.69. The molecule has 6 nitrogen and oxygen atoms in total. The molecule has 0 aromatic carbocycles. The topological polar surface area (TPSA) is 90.7 Å². The molecule has 0 atom stereocenters. The summed E-state index contributed by atoms with van der Waals surface area (Å²) in [5.41, 5.74) is 0. The van der Waals surface area contributed by atoms with Crippen LogP contribution in [0.1, 0.15) is 13.8 Å². The molecule has 0 saturated heterocycles. The van der Waals surface area contributed by atoms with Crippen molar-refractivity contribution in [1.29, 1.82) is 0 Å². The molecular formula is C10H26N3O3+. The van der Waals surface area contributed by atoms with Gasteiger partial charge < -0.3 is 9.59 Å². The second-order valence-electron chi connectivity index (χ2n) is 4.55. The van der Waals surface area contributed by atoms with Crippen LogP contribution in [0, 0.1) is 5.92 Å². The summed E-state index contributed by atoms with van der Waals surface area (Å²) in [6.07, 6.45) is 0. The van der Waals surface area contributed by atoms with Crippen LogP contribution in [-0.4, -0.2) is 55.6 Å². The molecule has 0 aliphatic carbocycles. The van der Waals surface area contributed by atoms with Gasteiger partial charge in [0.25, 0.3) is 0 Å². The van der Waals surface area contributed by atoms with Crippen molar-refractivity contribution in [2.75, 3.05) is 46.0 Å². The van der Waals surface area contributed by atoms with Crippen LogP contribution in [0.15, 0.2) is 0 Å². The fourth-order valence-electron chi connectivity index (χ4n) is 2.09. The van der Waals surface area contributed by atoms with E-state index in [1.165, 1.54) is 0 Å². The third kappa shape index (κ3) is 6.37. The van der Waals surface area contributed by atoms with E-state index in [1.54, 1.807) is 0 Å². The molecule has 0 aromatic heterocycles. The zero-order chi connectivity index (χ0) is 12.4. The van der Waals surface area contributed by atoms with Crippen LogP contribution in [0.3, 0.4) is 0 Å². The van der Waals surface area contributed by atoms with E-state index in [1.807, 2.05) is 0 Å². The third-order valence-electron chi connectivity index (χ3n) is 2.69. The average Bonchev–Trinajstić information content (AvgIpc) is 2.23. The molecule has 0 bridgehead atoms. The molecule has 0 amide bonds. The quantitative estimate of drug-likeness (QED) is 0.342. The number of rotatable bonds is 10. The number of aliphatic hydroxyl groups excluding tert-OH is 1. The van der Waals surface area contributed by atoms with Crippen LogP contribution in [0.4, 0.5) is 0 Å². The predicted molar refractivity (Wildman–Crippen MR) is 61.9 cm³/mol. The Labute approximate surface area is 97.6 Å². The van der Waals surface area contributed by atoms with Crippen molar-refractivity contribution in [3.63, 3.8) is 0 Å². The van der Waals surface area contributed by atoms with Crippen molar-refractivity contribution in [2.45, 2.75) is 13.8 Å². The lowest BCUT2D eigenvalue weighted by Gasteiger charge is -2.39. The second kappa shape index (κ2) is 8.86. The summed E-state index contributed by atoms with van der Waals surface area (Å²) in [7, 11) is 0. The SMILES string of the molecule is CC(C)C[N+](CCO)(CCON)CCON. The lowest BCUT2D eigenvalue weighted by atomic mass is 10.1. The van der Waals surface area contributed by atoms with Crippen molar-refractivity contribution >= 4 is 0 Å². The molecule has 0 aliphatic rings. The Hall–Kier alpha value is -0.240. The minimum atomic E-state index is 0.141. The molecule has 98 valence electrons.